The molecule has 0 fully saturated rings. The third-order valence-electron chi connectivity index (χ3n) is 9.29. The van der Waals surface area contributed by atoms with Crippen LogP contribution in [0.25, 0.3) is 0 Å². The Labute approximate surface area is 298 Å². The predicted octanol–water partition coefficient (Wildman–Crippen LogP) is 13.1. The smallest absolute Gasteiger partial charge is 0.330 e. The van der Waals surface area contributed by atoms with E-state index >= 15 is 0 Å². The fraction of sp³-hybridized carbons (Fsp3) is 0.860. The van der Waals surface area contributed by atoms with Crippen LogP contribution in [-0.2, 0) is 19.1 Å². The SMILES string of the molecule is CCCCCCCCCCCCCCCCC/C=C/C(=O)OCC(O)COC(=O)/C=C/CCCCCCCCCCCCCCCCC. The maximum atomic E-state index is 11.9. The first-order valence-electron chi connectivity index (χ1n) is 20.9. The van der Waals surface area contributed by atoms with E-state index in [0.717, 1.165) is 25.7 Å². The summed E-state index contributed by atoms with van der Waals surface area (Å²) < 4.78 is 10.2. The number of hydrogen-bond acceptors (Lipinski definition) is 5. The molecule has 0 aliphatic carbocycles. The Morgan fingerprint density at radius 1 is 0.417 bits per heavy atom. The minimum absolute atomic E-state index is 0.182. The van der Waals surface area contributed by atoms with E-state index in [-0.39, 0.29) is 13.2 Å². The van der Waals surface area contributed by atoms with Gasteiger partial charge in [-0.3, -0.25) is 0 Å². The van der Waals surface area contributed by atoms with Crippen LogP contribution in [0.1, 0.15) is 219 Å². The first-order chi connectivity index (χ1) is 23.6. The van der Waals surface area contributed by atoms with Gasteiger partial charge in [0, 0.05) is 12.2 Å². The molecule has 0 radical (unpaired) electrons. The van der Waals surface area contributed by atoms with Crippen LogP contribution in [0.2, 0.25) is 0 Å². The third kappa shape index (κ3) is 38.8. The Morgan fingerprint density at radius 2 is 0.646 bits per heavy atom. The number of carbonyl (C=O) groups is 2. The summed E-state index contributed by atoms with van der Waals surface area (Å²) in [6, 6.07) is 0. The molecule has 282 valence electrons. The molecule has 0 bridgehead atoms. The summed E-state index contributed by atoms with van der Waals surface area (Å²) in [6.45, 7) is 4.18. The van der Waals surface area contributed by atoms with Gasteiger partial charge in [-0.25, -0.2) is 9.59 Å². The Morgan fingerprint density at radius 3 is 0.896 bits per heavy atom. The maximum Gasteiger partial charge on any atom is 0.330 e. The molecule has 0 atom stereocenters. The number of carbonyl (C=O) groups excluding carboxylic acids is 2. The van der Waals surface area contributed by atoms with Crippen LogP contribution in [-0.4, -0.2) is 36.4 Å². The summed E-state index contributed by atoms with van der Waals surface area (Å²) in [4.78, 5) is 23.8. The van der Waals surface area contributed by atoms with Gasteiger partial charge in [0.25, 0.3) is 0 Å². The van der Waals surface area contributed by atoms with E-state index in [9.17, 15) is 14.7 Å². The van der Waals surface area contributed by atoms with Crippen molar-refractivity contribution in [1.29, 1.82) is 0 Å². The summed E-state index contributed by atoms with van der Waals surface area (Å²) >= 11 is 0. The molecule has 1 N–H and O–H groups in total. The van der Waals surface area contributed by atoms with E-state index in [2.05, 4.69) is 13.8 Å². The van der Waals surface area contributed by atoms with Crippen LogP contribution in [0.4, 0.5) is 0 Å². The van der Waals surface area contributed by atoms with Gasteiger partial charge in [0.15, 0.2) is 0 Å². The average Bonchev–Trinajstić information content (AvgIpc) is 3.09. The second-order valence-electron chi connectivity index (χ2n) is 14.2. The minimum atomic E-state index is -1.02. The number of aliphatic hydroxyl groups is 1. The number of ether oxygens (including phenoxy) is 2. The van der Waals surface area contributed by atoms with Crippen molar-refractivity contribution >= 4 is 11.9 Å². The van der Waals surface area contributed by atoms with Gasteiger partial charge in [-0.1, -0.05) is 206 Å². The molecule has 0 aromatic heterocycles. The van der Waals surface area contributed by atoms with E-state index in [4.69, 9.17) is 9.47 Å². The molecule has 5 nitrogen and oxygen atoms in total. The molecule has 0 unspecified atom stereocenters. The number of hydrogen-bond donors (Lipinski definition) is 1. The molecule has 0 aromatic rings. The molecule has 0 aromatic carbocycles. The van der Waals surface area contributed by atoms with Crippen molar-refractivity contribution in [1.82, 2.24) is 0 Å². The normalized spacial score (nSPS) is 11.8. The number of aliphatic hydroxyl groups excluding tert-OH is 1. The molecule has 0 spiro atoms. The first-order valence-corrected chi connectivity index (χ1v) is 20.9. The quantitative estimate of drug-likeness (QED) is 0.0400. The third-order valence-corrected chi connectivity index (χ3v) is 9.29. The van der Waals surface area contributed by atoms with Gasteiger partial charge in [-0.2, -0.15) is 0 Å². The van der Waals surface area contributed by atoms with Gasteiger partial charge < -0.3 is 14.6 Å². The Bertz CT molecular complexity index is 671. The van der Waals surface area contributed by atoms with Gasteiger partial charge in [0.2, 0.25) is 0 Å². The lowest BCUT2D eigenvalue weighted by Gasteiger charge is -2.10. The van der Waals surface area contributed by atoms with Crippen molar-refractivity contribution in [2.45, 2.75) is 225 Å². The molecular weight excluding hydrogens is 596 g/mol. The van der Waals surface area contributed by atoms with Crippen LogP contribution in [0.5, 0.6) is 0 Å². The molecule has 0 saturated carbocycles. The molecule has 0 heterocycles. The van der Waals surface area contributed by atoms with Crippen molar-refractivity contribution in [2.75, 3.05) is 13.2 Å². The molecule has 0 aliphatic rings. The number of rotatable bonds is 38. The van der Waals surface area contributed by atoms with E-state index in [1.54, 1.807) is 0 Å². The van der Waals surface area contributed by atoms with Crippen molar-refractivity contribution in [3.05, 3.63) is 24.3 Å². The zero-order valence-electron chi connectivity index (χ0n) is 32.0. The second-order valence-corrected chi connectivity index (χ2v) is 14.2. The summed E-state index contributed by atoms with van der Waals surface area (Å²) in [7, 11) is 0. The highest BCUT2D eigenvalue weighted by atomic mass is 16.6. The van der Waals surface area contributed by atoms with Crippen molar-refractivity contribution < 1.29 is 24.2 Å². The number of esters is 2. The predicted molar refractivity (Wildman–Crippen MR) is 205 cm³/mol. The highest BCUT2D eigenvalue weighted by Gasteiger charge is 2.09. The molecule has 0 aliphatic heterocycles. The van der Waals surface area contributed by atoms with E-state index < -0.39 is 18.0 Å². The largest absolute Gasteiger partial charge is 0.460 e. The Balaban J connectivity index is 3.47. The maximum absolute atomic E-state index is 11.9. The minimum Gasteiger partial charge on any atom is -0.460 e. The van der Waals surface area contributed by atoms with E-state index in [0.29, 0.717) is 0 Å². The molecule has 0 saturated heterocycles. The second kappa shape index (κ2) is 39.8. The van der Waals surface area contributed by atoms with Gasteiger partial charge in [-0.05, 0) is 25.7 Å². The van der Waals surface area contributed by atoms with Crippen LogP contribution in [0, 0.1) is 0 Å². The zero-order valence-corrected chi connectivity index (χ0v) is 32.0. The summed E-state index contributed by atoms with van der Waals surface area (Å²) in [5.74, 6) is -0.936. The van der Waals surface area contributed by atoms with Gasteiger partial charge in [0.05, 0.1) is 0 Å². The Kier molecular flexibility index (Phi) is 38.5. The molecule has 5 heteroatoms. The van der Waals surface area contributed by atoms with Crippen LogP contribution >= 0.6 is 0 Å². The van der Waals surface area contributed by atoms with Crippen LogP contribution in [0.3, 0.4) is 0 Å². The van der Waals surface area contributed by atoms with Crippen molar-refractivity contribution in [2.24, 2.45) is 0 Å². The fourth-order valence-corrected chi connectivity index (χ4v) is 6.13. The Hall–Kier alpha value is -1.62. The standard InChI is InChI=1S/C43H80O5/c1-3-5-7-9-11-13-15-17-19-21-23-25-27-29-31-33-35-37-42(45)47-39-41(44)40-48-43(46)38-36-34-32-30-28-26-24-22-20-18-16-14-12-10-8-6-4-2/h35-38,41,44H,3-34,39-40H2,1-2H3/b37-35+,38-36+. The van der Waals surface area contributed by atoms with E-state index in [1.807, 2.05) is 12.2 Å². The number of allylic oxidation sites excluding steroid dienone is 2. The monoisotopic (exact) mass is 677 g/mol. The molecule has 0 amide bonds. The van der Waals surface area contributed by atoms with Crippen molar-refractivity contribution in [3.8, 4) is 0 Å². The lowest BCUT2D eigenvalue weighted by atomic mass is 10.0. The van der Waals surface area contributed by atoms with Crippen LogP contribution in [0.15, 0.2) is 24.3 Å². The van der Waals surface area contributed by atoms with Crippen LogP contribution < -0.4 is 0 Å². The average molecular weight is 677 g/mol. The molecular formula is C43H80O5. The summed E-state index contributed by atoms with van der Waals surface area (Å²) in [5, 5.41) is 9.98. The summed E-state index contributed by atoms with van der Waals surface area (Å²) in [5.41, 5.74) is 0. The summed E-state index contributed by atoms with van der Waals surface area (Å²) in [6.07, 6.45) is 47.5. The lowest BCUT2D eigenvalue weighted by Crippen LogP contribution is -2.24. The zero-order chi connectivity index (χ0) is 35.0. The highest BCUT2D eigenvalue weighted by Crippen LogP contribution is 2.15. The van der Waals surface area contributed by atoms with Gasteiger partial charge in [-0.15, -0.1) is 0 Å². The topological polar surface area (TPSA) is 72.8 Å². The molecule has 0 rings (SSSR count). The molecule has 48 heavy (non-hydrogen) atoms. The number of unbranched alkanes of at least 4 members (excludes halogenated alkanes) is 30. The van der Waals surface area contributed by atoms with E-state index in [1.165, 1.54) is 192 Å². The van der Waals surface area contributed by atoms with Gasteiger partial charge >= 0.3 is 11.9 Å². The lowest BCUT2D eigenvalue weighted by molar-refractivity contribution is -0.146. The van der Waals surface area contributed by atoms with Gasteiger partial charge in [0.1, 0.15) is 19.3 Å². The highest BCUT2D eigenvalue weighted by molar-refractivity contribution is 5.82. The fourth-order valence-electron chi connectivity index (χ4n) is 6.13. The van der Waals surface area contributed by atoms with Crippen molar-refractivity contribution in [3.63, 3.8) is 0 Å². The first kappa shape index (κ1) is 46.4.